The topological polar surface area (TPSA) is 61.8 Å². The van der Waals surface area contributed by atoms with Crippen molar-refractivity contribution in [2.75, 3.05) is 13.7 Å². The van der Waals surface area contributed by atoms with Gasteiger partial charge in [-0.3, -0.25) is 9.59 Å². The summed E-state index contributed by atoms with van der Waals surface area (Å²) in [7, 11) is 1.61. The summed E-state index contributed by atoms with van der Waals surface area (Å²) in [5.41, 5.74) is 0.876. The lowest BCUT2D eigenvalue weighted by atomic mass is 10.1. The molecule has 5 heteroatoms. The molecule has 0 aliphatic heterocycles. The first kappa shape index (κ1) is 22.0. The summed E-state index contributed by atoms with van der Waals surface area (Å²) in [6.45, 7) is 2.75. The molecule has 0 aliphatic rings. The number of unbranched alkanes of at least 4 members (excludes halogenated alkanes) is 5. The van der Waals surface area contributed by atoms with E-state index in [0.29, 0.717) is 19.4 Å². The Labute approximate surface area is 157 Å². The molecule has 1 rings (SSSR count). The third-order valence-corrected chi connectivity index (χ3v) is 4.06. The number of methoxy groups -OCH3 is 1. The Morgan fingerprint density at radius 3 is 2.04 bits per heavy atom. The van der Waals surface area contributed by atoms with Crippen LogP contribution in [0, 0.1) is 0 Å². The molecule has 146 valence electrons. The summed E-state index contributed by atoms with van der Waals surface area (Å²) < 4.78 is 15.6. The summed E-state index contributed by atoms with van der Waals surface area (Å²) in [6.07, 6.45) is 7.72. The van der Waals surface area contributed by atoms with Crippen molar-refractivity contribution in [1.82, 2.24) is 0 Å². The number of carbonyl (C=O) groups excluding carboxylic acids is 2. The highest BCUT2D eigenvalue weighted by atomic mass is 16.5. The summed E-state index contributed by atoms with van der Waals surface area (Å²) in [4.78, 5) is 23.1. The molecular weight excluding hydrogens is 332 g/mol. The molecule has 0 spiro atoms. The van der Waals surface area contributed by atoms with Gasteiger partial charge >= 0.3 is 11.9 Å². The van der Waals surface area contributed by atoms with Crippen LogP contribution in [0.5, 0.6) is 5.75 Å². The highest BCUT2D eigenvalue weighted by Crippen LogP contribution is 2.18. The Morgan fingerprint density at radius 2 is 1.42 bits per heavy atom. The molecule has 0 fully saturated rings. The van der Waals surface area contributed by atoms with Gasteiger partial charge in [-0.15, -0.1) is 0 Å². The first-order chi connectivity index (χ1) is 12.7. The number of ether oxygens (including phenoxy) is 3. The van der Waals surface area contributed by atoms with Crippen LogP contribution in [0.3, 0.4) is 0 Å². The van der Waals surface area contributed by atoms with Crippen LogP contribution in [0.25, 0.3) is 0 Å². The van der Waals surface area contributed by atoms with E-state index in [1.165, 1.54) is 0 Å². The number of hydrogen-bond donors (Lipinski definition) is 0. The van der Waals surface area contributed by atoms with Crippen LogP contribution >= 0.6 is 0 Å². The second-order valence-corrected chi connectivity index (χ2v) is 6.31. The van der Waals surface area contributed by atoms with Crippen molar-refractivity contribution in [3.05, 3.63) is 29.8 Å². The molecule has 1 aromatic carbocycles. The predicted octanol–water partition coefficient (Wildman–Crippen LogP) is 4.81. The second-order valence-electron chi connectivity index (χ2n) is 6.31. The highest BCUT2D eigenvalue weighted by Gasteiger charge is 2.07. The normalized spacial score (nSPS) is 10.4. The zero-order valence-electron chi connectivity index (χ0n) is 16.1. The van der Waals surface area contributed by atoms with Gasteiger partial charge in [-0.25, -0.2) is 0 Å². The fourth-order valence-electron chi connectivity index (χ4n) is 2.59. The molecule has 0 saturated heterocycles. The van der Waals surface area contributed by atoms with Crippen LogP contribution in [0.2, 0.25) is 0 Å². The molecule has 0 N–H and O–H groups in total. The first-order valence-corrected chi connectivity index (χ1v) is 9.60. The van der Waals surface area contributed by atoms with Gasteiger partial charge in [0.2, 0.25) is 0 Å². The van der Waals surface area contributed by atoms with Crippen LogP contribution in [-0.2, 0) is 25.7 Å². The Balaban J connectivity index is 1.99. The highest BCUT2D eigenvalue weighted by molar-refractivity contribution is 5.69. The lowest BCUT2D eigenvalue weighted by Crippen LogP contribution is -2.05. The van der Waals surface area contributed by atoms with E-state index in [4.69, 9.17) is 14.2 Å². The van der Waals surface area contributed by atoms with Crippen LogP contribution in [0.4, 0.5) is 0 Å². The largest absolute Gasteiger partial charge is 0.496 e. The van der Waals surface area contributed by atoms with Crippen molar-refractivity contribution < 1.29 is 23.8 Å². The molecule has 1 aromatic rings. The van der Waals surface area contributed by atoms with Gasteiger partial charge in [0.15, 0.2) is 0 Å². The van der Waals surface area contributed by atoms with E-state index in [1.807, 2.05) is 31.2 Å². The van der Waals surface area contributed by atoms with Gasteiger partial charge in [-0.05, 0) is 25.3 Å². The van der Waals surface area contributed by atoms with E-state index in [2.05, 4.69) is 0 Å². The number of para-hydroxylation sites is 1. The van der Waals surface area contributed by atoms with Crippen molar-refractivity contribution in [2.24, 2.45) is 0 Å². The molecular formula is C21H32O5. The fourth-order valence-corrected chi connectivity index (χ4v) is 2.59. The lowest BCUT2D eigenvalue weighted by Gasteiger charge is -2.09. The Bertz CT molecular complexity index is 527. The zero-order valence-corrected chi connectivity index (χ0v) is 16.1. The Hall–Kier alpha value is -2.04. The van der Waals surface area contributed by atoms with E-state index >= 15 is 0 Å². The van der Waals surface area contributed by atoms with Gasteiger partial charge in [-0.1, -0.05) is 50.8 Å². The van der Waals surface area contributed by atoms with Gasteiger partial charge in [-0.2, -0.15) is 0 Å². The number of rotatable bonds is 14. The minimum absolute atomic E-state index is 0.0929. The van der Waals surface area contributed by atoms with E-state index in [1.54, 1.807) is 7.11 Å². The van der Waals surface area contributed by atoms with Crippen LogP contribution in [-0.4, -0.2) is 25.7 Å². The number of carbonyl (C=O) groups is 2. The minimum Gasteiger partial charge on any atom is -0.496 e. The molecule has 0 aromatic heterocycles. The average Bonchev–Trinajstić information content (AvgIpc) is 2.66. The van der Waals surface area contributed by atoms with E-state index in [9.17, 15) is 9.59 Å². The standard InChI is InChI=1S/C21H32O5/c1-3-16-25-20(22)14-8-6-4-5-7-9-15-21(23)26-17-18-12-10-11-13-19(18)24-2/h10-13H,3-9,14-17H2,1-2H3. The smallest absolute Gasteiger partial charge is 0.306 e. The molecule has 0 aliphatic carbocycles. The van der Waals surface area contributed by atoms with Crippen molar-refractivity contribution >= 4 is 11.9 Å². The molecule has 0 bridgehead atoms. The van der Waals surface area contributed by atoms with Gasteiger partial charge in [0, 0.05) is 18.4 Å². The third kappa shape index (κ3) is 10.1. The zero-order chi connectivity index (χ0) is 19.0. The molecule has 26 heavy (non-hydrogen) atoms. The summed E-state index contributed by atoms with van der Waals surface area (Å²) in [6, 6.07) is 7.53. The quantitative estimate of drug-likeness (QED) is 0.350. The lowest BCUT2D eigenvalue weighted by molar-refractivity contribution is -0.145. The first-order valence-electron chi connectivity index (χ1n) is 9.60. The number of esters is 2. The molecule has 5 nitrogen and oxygen atoms in total. The van der Waals surface area contributed by atoms with Gasteiger partial charge < -0.3 is 14.2 Å². The maximum atomic E-state index is 11.8. The molecule has 0 heterocycles. The summed E-state index contributed by atoms with van der Waals surface area (Å²) in [5, 5.41) is 0. The summed E-state index contributed by atoms with van der Waals surface area (Å²) >= 11 is 0. The molecule has 0 atom stereocenters. The Morgan fingerprint density at radius 1 is 0.846 bits per heavy atom. The maximum absolute atomic E-state index is 11.8. The monoisotopic (exact) mass is 364 g/mol. The molecule has 0 radical (unpaired) electrons. The predicted molar refractivity (Wildman–Crippen MR) is 101 cm³/mol. The van der Waals surface area contributed by atoms with Gasteiger partial charge in [0.25, 0.3) is 0 Å². The summed E-state index contributed by atoms with van der Waals surface area (Å²) in [5.74, 6) is 0.470. The van der Waals surface area contributed by atoms with Crippen molar-refractivity contribution in [3.63, 3.8) is 0 Å². The van der Waals surface area contributed by atoms with Crippen molar-refractivity contribution in [2.45, 2.75) is 71.3 Å². The van der Waals surface area contributed by atoms with E-state index in [0.717, 1.165) is 56.3 Å². The van der Waals surface area contributed by atoms with Crippen LogP contribution in [0.1, 0.15) is 70.3 Å². The maximum Gasteiger partial charge on any atom is 0.306 e. The van der Waals surface area contributed by atoms with E-state index in [-0.39, 0.29) is 18.5 Å². The number of hydrogen-bond acceptors (Lipinski definition) is 5. The van der Waals surface area contributed by atoms with Crippen molar-refractivity contribution in [3.8, 4) is 5.75 Å². The second kappa shape index (κ2) is 14.2. The van der Waals surface area contributed by atoms with E-state index < -0.39 is 0 Å². The molecule has 0 unspecified atom stereocenters. The minimum atomic E-state index is -0.172. The number of benzene rings is 1. The van der Waals surface area contributed by atoms with Crippen LogP contribution in [0.15, 0.2) is 24.3 Å². The van der Waals surface area contributed by atoms with Crippen molar-refractivity contribution in [1.29, 1.82) is 0 Å². The Kier molecular flexibility index (Phi) is 12.0. The third-order valence-electron chi connectivity index (χ3n) is 4.06. The SMILES string of the molecule is CCCOC(=O)CCCCCCCCC(=O)OCc1ccccc1OC. The fraction of sp³-hybridized carbons (Fsp3) is 0.619. The van der Waals surface area contributed by atoms with Gasteiger partial charge in [0.1, 0.15) is 12.4 Å². The molecule has 0 saturated carbocycles. The van der Waals surface area contributed by atoms with Crippen LogP contribution < -0.4 is 4.74 Å². The average molecular weight is 364 g/mol. The molecule has 0 amide bonds. The van der Waals surface area contributed by atoms with Gasteiger partial charge in [0.05, 0.1) is 13.7 Å².